The Kier molecular flexibility index (Phi) is 4.93. The number of hydrazone groups is 1. The lowest BCUT2D eigenvalue weighted by atomic mass is 10.2. The van der Waals surface area contributed by atoms with Crippen LogP contribution in [0.2, 0.25) is 0 Å². The molecule has 0 bridgehead atoms. The predicted molar refractivity (Wildman–Crippen MR) is 95.5 cm³/mol. The summed E-state index contributed by atoms with van der Waals surface area (Å²) < 4.78 is 10.7. The van der Waals surface area contributed by atoms with Crippen molar-refractivity contribution < 1.29 is 18.9 Å². The van der Waals surface area contributed by atoms with E-state index in [1.807, 2.05) is 6.92 Å². The van der Waals surface area contributed by atoms with Gasteiger partial charge in [0.05, 0.1) is 17.7 Å². The van der Waals surface area contributed by atoms with E-state index in [1.54, 1.807) is 24.3 Å². The molecule has 26 heavy (non-hydrogen) atoms. The molecule has 0 aliphatic rings. The Hall–Kier alpha value is -3.68. The van der Waals surface area contributed by atoms with Gasteiger partial charge in [-0.1, -0.05) is 0 Å². The van der Waals surface area contributed by atoms with Crippen molar-refractivity contribution in [2.24, 2.45) is 5.10 Å². The first-order valence-corrected chi connectivity index (χ1v) is 7.81. The van der Waals surface area contributed by atoms with Gasteiger partial charge in [0.25, 0.3) is 5.69 Å². The molecule has 3 rings (SSSR count). The third-order valence-corrected chi connectivity index (χ3v) is 3.51. The summed E-state index contributed by atoms with van der Waals surface area (Å²) in [6, 6.07) is 12.8. The maximum absolute atomic E-state index is 12.1. The molecule has 1 N–H and O–H groups in total. The highest BCUT2D eigenvalue weighted by atomic mass is 16.6. The lowest BCUT2D eigenvalue weighted by Crippen LogP contribution is -2.16. The summed E-state index contributed by atoms with van der Waals surface area (Å²) >= 11 is 0. The third kappa shape index (κ3) is 3.86. The van der Waals surface area contributed by atoms with Crippen LogP contribution in [0.1, 0.15) is 23.0 Å². The van der Waals surface area contributed by atoms with Crippen LogP contribution in [-0.4, -0.2) is 23.7 Å². The molecule has 132 valence electrons. The highest BCUT2D eigenvalue weighted by Crippen LogP contribution is 2.24. The minimum Gasteiger partial charge on any atom is -0.494 e. The number of rotatable bonds is 6. The molecule has 8 heteroatoms. The van der Waals surface area contributed by atoms with E-state index < -0.39 is 10.8 Å². The number of fused-ring (bicyclic) bond motifs is 1. The molecule has 0 radical (unpaired) electrons. The van der Waals surface area contributed by atoms with E-state index in [4.69, 9.17) is 9.15 Å². The molecular formula is C18H15N3O5. The maximum Gasteiger partial charge on any atom is 0.307 e. The number of furan rings is 1. The Morgan fingerprint density at radius 3 is 2.73 bits per heavy atom. The van der Waals surface area contributed by atoms with Crippen LogP contribution >= 0.6 is 0 Å². The molecule has 0 fully saturated rings. The van der Waals surface area contributed by atoms with Crippen molar-refractivity contribution in [2.75, 3.05) is 6.61 Å². The van der Waals surface area contributed by atoms with Crippen LogP contribution in [-0.2, 0) is 0 Å². The normalized spacial score (nSPS) is 11.0. The van der Waals surface area contributed by atoms with E-state index in [-0.39, 0.29) is 11.4 Å². The summed E-state index contributed by atoms with van der Waals surface area (Å²) in [4.78, 5) is 22.4. The zero-order valence-corrected chi connectivity index (χ0v) is 13.8. The first-order valence-electron chi connectivity index (χ1n) is 7.81. The van der Waals surface area contributed by atoms with Gasteiger partial charge in [-0.05, 0) is 48.9 Å². The minimum absolute atomic E-state index is 0.0179. The SMILES string of the molecule is CCOc1ccc(/C=N\NC(=O)c2cc3cc([N+](=O)[O-])ccc3o2)cc1. The number of carbonyl (C=O) groups excluding carboxylic acids is 1. The summed E-state index contributed by atoms with van der Waals surface area (Å²) in [5.41, 5.74) is 3.46. The second-order valence-electron chi connectivity index (χ2n) is 5.29. The number of nitro benzene ring substituents is 1. The van der Waals surface area contributed by atoms with Gasteiger partial charge in [0.2, 0.25) is 0 Å². The lowest BCUT2D eigenvalue weighted by Gasteiger charge is -2.02. The van der Waals surface area contributed by atoms with Gasteiger partial charge in [-0.2, -0.15) is 5.10 Å². The van der Waals surface area contributed by atoms with Crippen molar-refractivity contribution in [2.45, 2.75) is 6.92 Å². The van der Waals surface area contributed by atoms with Crippen molar-refractivity contribution in [3.63, 3.8) is 0 Å². The van der Waals surface area contributed by atoms with Gasteiger partial charge < -0.3 is 9.15 Å². The van der Waals surface area contributed by atoms with Crippen molar-refractivity contribution in [3.05, 3.63) is 70.0 Å². The zero-order chi connectivity index (χ0) is 18.5. The number of ether oxygens (including phenoxy) is 1. The fourth-order valence-electron chi connectivity index (χ4n) is 2.29. The monoisotopic (exact) mass is 353 g/mol. The lowest BCUT2D eigenvalue weighted by molar-refractivity contribution is -0.384. The molecule has 1 amide bonds. The summed E-state index contributed by atoms with van der Waals surface area (Å²) in [5, 5.41) is 15.1. The van der Waals surface area contributed by atoms with Gasteiger partial charge in [0.15, 0.2) is 5.76 Å². The molecule has 0 saturated heterocycles. The Bertz CT molecular complexity index is 976. The molecule has 0 unspecified atom stereocenters. The molecule has 3 aromatic rings. The Labute approximate surface area is 148 Å². The molecule has 1 heterocycles. The van der Waals surface area contributed by atoms with Crippen molar-refractivity contribution in [1.82, 2.24) is 5.43 Å². The van der Waals surface area contributed by atoms with E-state index in [0.717, 1.165) is 11.3 Å². The van der Waals surface area contributed by atoms with Crippen molar-refractivity contribution in [3.8, 4) is 5.75 Å². The number of nitrogens with zero attached hydrogens (tertiary/aromatic N) is 2. The summed E-state index contributed by atoms with van der Waals surface area (Å²) in [5.74, 6) is 0.223. The van der Waals surface area contributed by atoms with E-state index in [1.165, 1.54) is 30.5 Å². The maximum atomic E-state index is 12.1. The average Bonchev–Trinajstić information content (AvgIpc) is 3.06. The number of amides is 1. The zero-order valence-electron chi connectivity index (χ0n) is 13.8. The number of nitro groups is 1. The van der Waals surface area contributed by atoms with Gasteiger partial charge in [0, 0.05) is 17.5 Å². The number of carbonyl (C=O) groups is 1. The quantitative estimate of drug-likeness (QED) is 0.414. The van der Waals surface area contributed by atoms with E-state index >= 15 is 0 Å². The highest BCUT2D eigenvalue weighted by Gasteiger charge is 2.14. The fourth-order valence-corrected chi connectivity index (χ4v) is 2.29. The second kappa shape index (κ2) is 7.47. The average molecular weight is 353 g/mol. The predicted octanol–water partition coefficient (Wildman–Crippen LogP) is 3.50. The van der Waals surface area contributed by atoms with Crippen molar-refractivity contribution in [1.29, 1.82) is 0 Å². The number of non-ortho nitro benzene ring substituents is 1. The molecule has 0 aliphatic heterocycles. The minimum atomic E-state index is -0.550. The first-order chi connectivity index (χ1) is 12.6. The molecule has 0 aliphatic carbocycles. The van der Waals surface area contributed by atoms with Crippen LogP contribution in [0.15, 0.2) is 58.0 Å². The van der Waals surface area contributed by atoms with Crippen LogP contribution in [0.25, 0.3) is 11.0 Å². The number of benzene rings is 2. The highest BCUT2D eigenvalue weighted by molar-refractivity contribution is 5.97. The van der Waals surface area contributed by atoms with Crippen LogP contribution in [0.4, 0.5) is 5.69 Å². The molecule has 0 spiro atoms. The van der Waals surface area contributed by atoms with Gasteiger partial charge in [0.1, 0.15) is 11.3 Å². The van der Waals surface area contributed by atoms with Crippen LogP contribution in [0.5, 0.6) is 5.75 Å². The Balaban J connectivity index is 1.67. The van der Waals surface area contributed by atoms with Crippen molar-refractivity contribution >= 4 is 28.8 Å². The largest absolute Gasteiger partial charge is 0.494 e. The fraction of sp³-hybridized carbons (Fsp3) is 0.111. The molecule has 0 atom stereocenters. The topological polar surface area (TPSA) is 107 Å². The molecule has 2 aromatic carbocycles. The number of nitrogens with one attached hydrogen (secondary N) is 1. The number of hydrogen-bond donors (Lipinski definition) is 1. The first kappa shape index (κ1) is 17.2. The summed E-state index contributed by atoms with van der Waals surface area (Å²) in [7, 11) is 0. The smallest absolute Gasteiger partial charge is 0.307 e. The molecule has 1 aromatic heterocycles. The van der Waals surface area contributed by atoms with E-state index in [0.29, 0.717) is 17.6 Å². The Morgan fingerprint density at radius 1 is 1.27 bits per heavy atom. The van der Waals surface area contributed by atoms with E-state index in [2.05, 4.69) is 10.5 Å². The molecule has 0 saturated carbocycles. The van der Waals surface area contributed by atoms with Gasteiger partial charge in [-0.3, -0.25) is 14.9 Å². The third-order valence-electron chi connectivity index (χ3n) is 3.51. The van der Waals surface area contributed by atoms with Crippen LogP contribution in [0.3, 0.4) is 0 Å². The number of hydrogen-bond acceptors (Lipinski definition) is 6. The van der Waals surface area contributed by atoms with Crippen LogP contribution in [0, 0.1) is 10.1 Å². The Morgan fingerprint density at radius 2 is 2.04 bits per heavy atom. The van der Waals surface area contributed by atoms with Gasteiger partial charge in [-0.25, -0.2) is 5.43 Å². The second-order valence-corrected chi connectivity index (χ2v) is 5.29. The van der Waals surface area contributed by atoms with Gasteiger partial charge >= 0.3 is 5.91 Å². The summed E-state index contributed by atoms with van der Waals surface area (Å²) in [6.07, 6.45) is 1.49. The standard InChI is InChI=1S/C18H15N3O5/c1-2-25-15-6-3-12(4-7-15)11-19-20-18(22)17-10-13-9-14(21(23)24)5-8-16(13)26-17/h3-11H,2H2,1H3,(H,20,22)/b19-11-. The van der Waals surface area contributed by atoms with Crippen LogP contribution < -0.4 is 10.2 Å². The van der Waals surface area contributed by atoms with Gasteiger partial charge in [-0.15, -0.1) is 0 Å². The molecule has 8 nitrogen and oxygen atoms in total. The van der Waals surface area contributed by atoms with E-state index in [9.17, 15) is 14.9 Å². The summed E-state index contributed by atoms with van der Waals surface area (Å²) in [6.45, 7) is 2.49. The molecular weight excluding hydrogens is 338 g/mol.